The predicted octanol–water partition coefficient (Wildman–Crippen LogP) is 7.89. The third-order valence-electron chi connectivity index (χ3n) is 5.64. The van der Waals surface area contributed by atoms with Crippen molar-refractivity contribution in [3.63, 3.8) is 0 Å². The highest BCUT2D eigenvalue weighted by Gasteiger charge is 2.32. The van der Waals surface area contributed by atoms with E-state index >= 15 is 0 Å². The van der Waals surface area contributed by atoms with Crippen LogP contribution in [-0.2, 0) is 12.7 Å². The van der Waals surface area contributed by atoms with Crippen molar-refractivity contribution < 1.29 is 22.4 Å². The number of hydrogen-bond acceptors (Lipinski definition) is 1. The largest absolute Gasteiger partial charge is 0.416 e. The van der Waals surface area contributed by atoms with Crippen molar-refractivity contribution in [2.75, 3.05) is 0 Å². The van der Waals surface area contributed by atoms with Crippen molar-refractivity contribution in [2.24, 2.45) is 0 Å². The smallest absolute Gasteiger partial charge is 0.333 e. The molecular formula is C27H25F4NO. The summed E-state index contributed by atoms with van der Waals surface area (Å²) in [5, 5.41) is 0.314. The molecule has 0 aliphatic rings. The number of rotatable bonds is 6. The summed E-state index contributed by atoms with van der Waals surface area (Å²) in [4.78, 5) is 12.9. The first-order valence-electron chi connectivity index (χ1n) is 10.4. The van der Waals surface area contributed by atoms with Gasteiger partial charge in [0.2, 0.25) is 0 Å². The molecule has 0 atom stereocenters. The molecule has 2 nitrogen and oxygen atoms in total. The van der Waals surface area contributed by atoms with Gasteiger partial charge in [0.25, 0.3) is 0 Å². The summed E-state index contributed by atoms with van der Waals surface area (Å²) in [6, 6.07) is 8.14. The van der Waals surface area contributed by atoms with Crippen LogP contribution in [0.5, 0.6) is 0 Å². The molecule has 0 saturated carbocycles. The van der Waals surface area contributed by atoms with Crippen molar-refractivity contribution in [1.29, 1.82) is 0 Å². The second-order valence-electron chi connectivity index (χ2n) is 8.13. The molecule has 0 spiro atoms. The number of fused-ring (bicyclic) bond motifs is 1. The van der Waals surface area contributed by atoms with Crippen LogP contribution in [0.15, 0.2) is 66.8 Å². The van der Waals surface area contributed by atoms with Crippen LogP contribution in [0.2, 0.25) is 0 Å². The highest BCUT2D eigenvalue weighted by atomic mass is 19.4. The summed E-state index contributed by atoms with van der Waals surface area (Å²) in [7, 11) is 0. The van der Waals surface area contributed by atoms with Crippen molar-refractivity contribution in [3.05, 3.63) is 101 Å². The minimum Gasteiger partial charge on any atom is -0.333 e. The number of alkyl halides is 3. The Kier molecular flexibility index (Phi) is 6.77. The molecule has 6 heteroatoms. The third kappa shape index (κ3) is 4.70. The first-order chi connectivity index (χ1) is 15.5. The summed E-state index contributed by atoms with van der Waals surface area (Å²) in [6.45, 7) is 10.5. The van der Waals surface area contributed by atoms with E-state index in [2.05, 4.69) is 6.58 Å². The zero-order valence-electron chi connectivity index (χ0n) is 19.0. The average molecular weight is 455 g/mol. The first kappa shape index (κ1) is 24.2. The quantitative estimate of drug-likeness (QED) is 0.210. The van der Waals surface area contributed by atoms with Gasteiger partial charge in [-0.1, -0.05) is 42.5 Å². The molecule has 2 aromatic carbocycles. The Morgan fingerprint density at radius 3 is 2.39 bits per heavy atom. The molecule has 0 aliphatic carbocycles. The molecule has 0 aliphatic heterocycles. The number of carbonyl (C=O) groups is 1. The van der Waals surface area contributed by atoms with Gasteiger partial charge in [0.05, 0.1) is 11.3 Å². The Hall–Kier alpha value is -3.41. The molecule has 172 valence electrons. The van der Waals surface area contributed by atoms with Gasteiger partial charge in [-0.2, -0.15) is 13.2 Å². The fourth-order valence-electron chi connectivity index (χ4n) is 3.99. The van der Waals surface area contributed by atoms with Gasteiger partial charge in [0.1, 0.15) is 5.82 Å². The number of allylic oxidation sites excluding steroid dienone is 5. The summed E-state index contributed by atoms with van der Waals surface area (Å²) in [5.41, 5.74) is 2.91. The first-order valence-corrected chi connectivity index (χ1v) is 10.4. The van der Waals surface area contributed by atoms with E-state index in [0.29, 0.717) is 33.2 Å². The molecule has 3 rings (SSSR count). The summed E-state index contributed by atoms with van der Waals surface area (Å²) < 4.78 is 56.6. The minimum absolute atomic E-state index is 0.140. The highest BCUT2D eigenvalue weighted by Crippen LogP contribution is 2.39. The third-order valence-corrected chi connectivity index (χ3v) is 5.64. The molecule has 0 radical (unpaired) electrons. The molecule has 0 fully saturated rings. The molecule has 0 saturated heterocycles. The molecule has 0 unspecified atom stereocenters. The second-order valence-corrected chi connectivity index (χ2v) is 8.13. The van der Waals surface area contributed by atoms with E-state index in [4.69, 9.17) is 0 Å². The Labute approximate surface area is 190 Å². The van der Waals surface area contributed by atoms with Crippen LogP contribution in [-0.4, -0.2) is 10.4 Å². The fraction of sp³-hybridized carbons (Fsp3) is 0.222. The maximum absolute atomic E-state index is 14.2. The lowest BCUT2D eigenvalue weighted by Crippen LogP contribution is -2.11. The van der Waals surface area contributed by atoms with Gasteiger partial charge < -0.3 is 4.57 Å². The van der Waals surface area contributed by atoms with Crippen LogP contribution < -0.4 is 0 Å². The van der Waals surface area contributed by atoms with Gasteiger partial charge in [-0.25, -0.2) is 4.39 Å². The number of ketones is 1. The Bertz CT molecular complexity index is 1300. The Balaban J connectivity index is 2.46. The van der Waals surface area contributed by atoms with Crippen molar-refractivity contribution in [3.8, 4) is 0 Å². The summed E-state index contributed by atoms with van der Waals surface area (Å²) in [6.07, 6.45) is 0.444. The maximum Gasteiger partial charge on any atom is 0.416 e. The van der Waals surface area contributed by atoms with E-state index in [1.54, 1.807) is 41.9 Å². The van der Waals surface area contributed by atoms with Crippen LogP contribution in [0.4, 0.5) is 17.6 Å². The van der Waals surface area contributed by atoms with E-state index in [1.165, 1.54) is 19.1 Å². The van der Waals surface area contributed by atoms with Gasteiger partial charge in [-0.05, 0) is 61.7 Å². The van der Waals surface area contributed by atoms with E-state index in [-0.39, 0.29) is 23.8 Å². The maximum atomic E-state index is 14.2. The average Bonchev–Trinajstić information content (AvgIpc) is 3.04. The summed E-state index contributed by atoms with van der Waals surface area (Å²) >= 11 is 0. The van der Waals surface area contributed by atoms with Crippen LogP contribution in [0, 0.1) is 12.7 Å². The lowest BCUT2D eigenvalue weighted by atomic mass is 9.95. The Morgan fingerprint density at radius 2 is 1.82 bits per heavy atom. The van der Waals surface area contributed by atoms with Crippen molar-refractivity contribution >= 4 is 22.3 Å². The van der Waals surface area contributed by atoms with Crippen molar-refractivity contribution in [1.82, 2.24) is 4.57 Å². The summed E-state index contributed by atoms with van der Waals surface area (Å²) in [5.74, 6) is -0.679. The van der Waals surface area contributed by atoms with E-state index in [1.807, 2.05) is 13.8 Å². The molecule has 0 amide bonds. The standard InChI is InChI=1S/C27H25F4NO/c1-6-7-10-21(16(2)3)25-22-14-20(27(29,30)31)12-13-24(22)32(26(25)18(5)33)15-19-9-8-11-23(28)17(19)4/h6-14H,1,15H2,2-5H3/b10-7-. The highest BCUT2D eigenvalue weighted by molar-refractivity contribution is 6.09. The molecule has 0 N–H and O–H groups in total. The topological polar surface area (TPSA) is 22.0 Å². The lowest BCUT2D eigenvalue weighted by Gasteiger charge is -2.13. The number of Topliss-reactive ketones (excluding diaryl/α,β-unsaturated/α-hetero) is 1. The monoisotopic (exact) mass is 455 g/mol. The van der Waals surface area contributed by atoms with Crippen LogP contribution in [0.1, 0.15) is 53.5 Å². The number of aromatic nitrogens is 1. The molecule has 3 aromatic rings. The predicted molar refractivity (Wildman–Crippen MR) is 125 cm³/mol. The molecular weight excluding hydrogens is 430 g/mol. The van der Waals surface area contributed by atoms with Gasteiger partial charge in [0.15, 0.2) is 5.78 Å². The zero-order chi connectivity index (χ0) is 24.5. The number of benzene rings is 2. The number of carbonyl (C=O) groups excluding carboxylic acids is 1. The van der Waals surface area contributed by atoms with Gasteiger partial charge in [-0.15, -0.1) is 0 Å². The van der Waals surface area contributed by atoms with E-state index in [0.717, 1.165) is 17.7 Å². The van der Waals surface area contributed by atoms with Gasteiger partial charge in [-0.3, -0.25) is 4.79 Å². The number of hydrogen-bond donors (Lipinski definition) is 0. The Morgan fingerprint density at radius 1 is 1.12 bits per heavy atom. The molecule has 33 heavy (non-hydrogen) atoms. The van der Waals surface area contributed by atoms with E-state index < -0.39 is 11.7 Å². The normalized spacial score (nSPS) is 11.9. The van der Waals surface area contributed by atoms with Crippen molar-refractivity contribution in [2.45, 2.75) is 40.4 Å². The number of nitrogens with zero attached hydrogens (tertiary/aromatic N) is 1. The zero-order valence-corrected chi connectivity index (χ0v) is 19.0. The SMILES string of the molecule is C=C/C=C\C(=C(C)C)c1c(C(C)=O)n(Cc2cccc(F)c2C)c2ccc(C(F)(F)F)cc12. The van der Waals surface area contributed by atoms with Crippen LogP contribution in [0.25, 0.3) is 16.5 Å². The van der Waals surface area contributed by atoms with E-state index in [9.17, 15) is 22.4 Å². The minimum atomic E-state index is -4.54. The lowest BCUT2D eigenvalue weighted by molar-refractivity contribution is -0.137. The molecule has 1 heterocycles. The fourth-order valence-corrected chi connectivity index (χ4v) is 3.99. The molecule has 1 aromatic heterocycles. The van der Waals surface area contributed by atoms with Crippen LogP contribution in [0.3, 0.4) is 0 Å². The number of halogens is 4. The van der Waals surface area contributed by atoms with Crippen LogP contribution >= 0.6 is 0 Å². The second kappa shape index (κ2) is 9.22. The van der Waals surface area contributed by atoms with Gasteiger partial charge >= 0.3 is 6.18 Å². The van der Waals surface area contributed by atoms with Gasteiger partial charge in [0, 0.05) is 29.9 Å². The molecule has 0 bridgehead atoms.